The minimum absolute atomic E-state index is 0.574. The van der Waals surface area contributed by atoms with Crippen molar-refractivity contribution >= 4 is 33.8 Å². The molecule has 1 aromatic rings. The van der Waals surface area contributed by atoms with E-state index < -0.39 is 0 Å². The minimum Gasteiger partial charge on any atom is -0.397 e. The summed E-state index contributed by atoms with van der Waals surface area (Å²) in [5.41, 5.74) is 13.2. The van der Waals surface area contributed by atoms with Crippen molar-refractivity contribution in [3.8, 4) is 11.8 Å². The van der Waals surface area contributed by atoms with Gasteiger partial charge in [-0.3, -0.25) is 0 Å². The van der Waals surface area contributed by atoms with Crippen molar-refractivity contribution in [3.05, 3.63) is 23.8 Å². The van der Waals surface area contributed by atoms with Gasteiger partial charge in [-0.25, -0.2) is 0 Å². The van der Waals surface area contributed by atoms with Crippen LogP contribution in [0.2, 0.25) is 0 Å². The topological polar surface area (TPSA) is 52.0 Å². The van der Waals surface area contributed by atoms with Crippen LogP contribution in [0.1, 0.15) is 5.56 Å². The van der Waals surface area contributed by atoms with Gasteiger partial charge < -0.3 is 11.5 Å². The van der Waals surface area contributed by atoms with Crippen LogP contribution in [-0.4, -0.2) is 5.75 Å². The first-order chi connectivity index (χ1) is 6.24. The molecule has 0 spiro atoms. The highest BCUT2D eigenvalue weighted by Crippen LogP contribution is 2.15. The molecule has 0 bridgehead atoms. The largest absolute Gasteiger partial charge is 0.397 e. The molecule has 0 atom stereocenters. The number of nitrogens with two attached hydrogens (primary N) is 2. The van der Waals surface area contributed by atoms with E-state index in [9.17, 15) is 0 Å². The maximum atomic E-state index is 5.61. The third kappa shape index (κ3) is 3.13. The zero-order valence-corrected chi connectivity index (χ0v) is 8.66. The summed E-state index contributed by atoms with van der Waals surface area (Å²) in [4.78, 5) is 0. The number of nitrogen functional groups attached to an aromatic ring is 2. The smallest absolute Gasteiger partial charge is 0.0652 e. The highest BCUT2D eigenvalue weighted by atomic mass is 33.1. The van der Waals surface area contributed by atoms with E-state index in [-0.39, 0.29) is 0 Å². The number of hydrogen-bond donors (Lipinski definition) is 3. The second kappa shape index (κ2) is 4.95. The van der Waals surface area contributed by atoms with Gasteiger partial charge in [-0.2, -0.15) is 0 Å². The molecule has 4 N–H and O–H groups in total. The average Bonchev–Trinajstić information content (AvgIpc) is 2.12. The average molecular weight is 210 g/mol. The van der Waals surface area contributed by atoms with Crippen LogP contribution in [0.5, 0.6) is 0 Å². The summed E-state index contributed by atoms with van der Waals surface area (Å²) in [6, 6.07) is 5.38. The fraction of sp³-hybridized carbons (Fsp3) is 0.111. The molecule has 0 aliphatic heterocycles. The molecule has 1 rings (SSSR count). The zero-order chi connectivity index (χ0) is 9.68. The zero-order valence-electron chi connectivity index (χ0n) is 6.95. The van der Waals surface area contributed by atoms with Gasteiger partial charge in [0.25, 0.3) is 0 Å². The third-order valence-electron chi connectivity index (χ3n) is 1.46. The molecule has 0 aliphatic rings. The van der Waals surface area contributed by atoms with Crippen molar-refractivity contribution in [1.29, 1.82) is 0 Å². The lowest BCUT2D eigenvalue weighted by Crippen LogP contribution is -1.94. The van der Waals surface area contributed by atoms with Gasteiger partial charge in [0.1, 0.15) is 0 Å². The Morgan fingerprint density at radius 3 is 2.69 bits per heavy atom. The molecule has 0 saturated heterocycles. The number of thiol groups is 1. The monoisotopic (exact) mass is 210 g/mol. The summed E-state index contributed by atoms with van der Waals surface area (Å²) in [5, 5.41) is 0. The highest BCUT2D eigenvalue weighted by Gasteiger charge is 1.93. The predicted octanol–water partition coefficient (Wildman–Crippen LogP) is 1.78. The third-order valence-corrected chi connectivity index (χ3v) is 2.12. The molecule has 4 heteroatoms. The number of rotatable bonds is 1. The maximum Gasteiger partial charge on any atom is 0.0652 e. The summed E-state index contributed by atoms with van der Waals surface area (Å²) >= 11 is 3.97. The van der Waals surface area contributed by atoms with E-state index in [1.54, 1.807) is 12.1 Å². The minimum atomic E-state index is 0.574. The van der Waals surface area contributed by atoms with Crippen LogP contribution in [0.15, 0.2) is 18.2 Å². The van der Waals surface area contributed by atoms with Crippen LogP contribution in [0.25, 0.3) is 0 Å². The second-order valence-electron chi connectivity index (χ2n) is 2.42. The van der Waals surface area contributed by atoms with Crippen LogP contribution >= 0.6 is 22.5 Å². The Kier molecular flexibility index (Phi) is 3.87. The predicted molar refractivity (Wildman–Crippen MR) is 63.6 cm³/mol. The van der Waals surface area contributed by atoms with Crippen LogP contribution in [0.4, 0.5) is 11.4 Å². The maximum absolute atomic E-state index is 5.61. The Hall–Kier alpha value is -0.920. The molecule has 2 nitrogen and oxygen atoms in total. The van der Waals surface area contributed by atoms with Crippen molar-refractivity contribution < 1.29 is 0 Å². The van der Waals surface area contributed by atoms with E-state index in [1.807, 2.05) is 6.07 Å². The van der Waals surface area contributed by atoms with Crippen molar-refractivity contribution in [3.63, 3.8) is 0 Å². The van der Waals surface area contributed by atoms with Crippen molar-refractivity contribution in [2.24, 2.45) is 0 Å². The summed E-state index contributed by atoms with van der Waals surface area (Å²) in [7, 11) is 1.39. The molecule has 0 fully saturated rings. The van der Waals surface area contributed by atoms with E-state index >= 15 is 0 Å². The highest BCUT2D eigenvalue weighted by molar-refractivity contribution is 8.68. The molecule has 0 aliphatic carbocycles. The summed E-state index contributed by atoms with van der Waals surface area (Å²) in [6.07, 6.45) is 0. The van der Waals surface area contributed by atoms with Gasteiger partial charge in [-0.15, -0.1) is 11.7 Å². The molecular weight excluding hydrogens is 200 g/mol. The normalized spacial score (nSPS) is 9.00. The van der Waals surface area contributed by atoms with E-state index in [0.29, 0.717) is 17.1 Å². The van der Waals surface area contributed by atoms with Crippen LogP contribution in [-0.2, 0) is 0 Å². The van der Waals surface area contributed by atoms with Crippen molar-refractivity contribution in [1.82, 2.24) is 0 Å². The quantitative estimate of drug-likeness (QED) is 0.287. The molecule has 0 saturated carbocycles. The van der Waals surface area contributed by atoms with Gasteiger partial charge in [0, 0.05) is 5.56 Å². The molecule has 0 heterocycles. The Bertz CT molecular complexity index is 352. The van der Waals surface area contributed by atoms with Crippen molar-refractivity contribution in [2.45, 2.75) is 0 Å². The van der Waals surface area contributed by atoms with Crippen LogP contribution in [0.3, 0.4) is 0 Å². The summed E-state index contributed by atoms with van der Waals surface area (Å²) < 4.78 is 0. The molecule has 0 aromatic heterocycles. The SMILES string of the molecule is Nc1ccc(C#CCSS)cc1N. The van der Waals surface area contributed by atoms with Gasteiger partial charge >= 0.3 is 0 Å². The summed E-state index contributed by atoms with van der Waals surface area (Å²) in [5.74, 6) is 6.60. The molecular formula is C9H10N2S2. The van der Waals surface area contributed by atoms with E-state index in [4.69, 9.17) is 11.5 Å². The Morgan fingerprint density at radius 2 is 2.08 bits per heavy atom. The first-order valence-corrected chi connectivity index (χ1v) is 5.68. The number of benzene rings is 1. The lowest BCUT2D eigenvalue weighted by Gasteiger charge is -1.98. The Morgan fingerprint density at radius 1 is 1.31 bits per heavy atom. The van der Waals surface area contributed by atoms with Gasteiger partial charge in [-0.05, 0) is 18.2 Å². The van der Waals surface area contributed by atoms with Crippen LogP contribution in [0, 0.1) is 11.8 Å². The van der Waals surface area contributed by atoms with E-state index in [0.717, 1.165) is 5.56 Å². The molecule has 13 heavy (non-hydrogen) atoms. The van der Waals surface area contributed by atoms with Crippen LogP contribution < -0.4 is 11.5 Å². The van der Waals surface area contributed by atoms with Crippen molar-refractivity contribution in [2.75, 3.05) is 17.2 Å². The Labute approximate surface area is 86.9 Å². The first kappa shape index (κ1) is 10.2. The first-order valence-electron chi connectivity index (χ1n) is 3.64. The number of hydrogen-bond acceptors (Lipinski definition) is 4. The Balaban J connectivity index is 2.81. The van der Waals surface area contributed by atoms with E-state index in [2.05, 4.69) is 23.5 Å². The molecule has 0 amide bonds. The fourth-order valence-corrected chi connectivity index (χ4v) is 1.15. The van der Waals surface area contributed by atoms with Gasteiger partial charge in [0.2, 0.25) is 0 Å². The number of anilines is 2. The molecule has 68 valence electrons. The van der Waals surface area contributed by atoms with E-state index in [1.165, 1.54) is 10.8 Å². The molecule has 1 aromatic carbocycles. The lowest BCUT2D eigenvalue weighted by molar-refractivity contribution is 1.62. The molecule has 0 unspecified atom stereocenters. The standard InChI is InChI=1S/C9H10N2S2/c10-8-4-3-7(6-9(8)11)2-1-5-13-12/h3-4,6,12H,5,10-11H2. The van der Waals surface area contributed by atoms with Gasteiger partial charge in [0.15, 0.2) is 0 Å². The molecule has 0 radical (unpaired) electrons. The summed E-state index contributed by atoms with van der Waals surface area (Å²) in [6.45, 7) is 0. The lowest BCUT2D eigenvalue weighted by atomic mass is 10.2. The fourth-order valence-electron chi connectivity index (χ4n) is 0.823. The van der Waals surface area contributed by atoms with Gasteiger partial charge in [0.05, 0.1) is 17.1 Å². The second-order valence-corrected chi connectivity index (χ2v) is 3.74. The van der Waals surface area contributed by atoms with Gasteiger partial charge in [-0.1, -0.05) is 22.6 Å².